The molecule has 1 amide bonds. The molecular formula is C23H17F2N3OS. The lowest BCUT2D eigenvalue weighted by Gasteiger charge is -2.18. The molecule has 0 bridgehead atoms. The molecule has 0 atom stereocenters. The van der Waals surface area contributed by atoms with E-state index in [0.29, 0.717) is 10.8 Å². The zero-order valence-corrected chi connectivity index (χ0v) is 17.1. The van der Waals surface area contributed by atoms with Crippen molar-refractivity contribution in [1.29, 1.82) is 0 Å². The summed E-state index contributed by atoms with van der Waals surface area (Å²) in [6, 6.07) is 13.1. The van der Waals surface area contributed by atoms with Gasteiger partial charge in [-0.05, 0) is 49.4 Å². The van der Waals surface area contributed by atoms with Crippen LogP contribution in [0, 0.1) is 18.6 Å². The van der Waals surface area contributed by atoms with Crippen molar-refractivity contribution >= 4 is 51.1 Å². The summed E-state index contributed by atoms with van der Waals surface area (Å²) in [6.45, 7) is 3.34. The first-order chi connectivity index (χ1) is 14.4. The van der Waals surface area contributed by atoms with Gasteiger partial charge in [-0.2, -0.15) is 0 Å². The summed E-state index contributed by atoms with van der Waals surface area (Å²) in [5, 5.41) is 3.13. The normalized spacial score (nSPS) is 11.3. The van der Waals surface area contributed by atoms with Crippen molar-refractivity contribution in [3.8, 4) is 0 Å². The smallest absolute Gasteiger partial charge is 0.230 e. The van der Waals surface area contributed by atoms with Crippen LogP contribution in [0.25, 0.3) is 23.1 Å². The summed E-state index contributed by atoms with van der Waals surface area (Å²) in [4.78, 5) is 22.3. The molecule has 0 fully saturated rings. The average Bonchev–Trinajstić information content (AvgIpc) is 3.16. The zero-order valence-electron chi connectivity index (χ0n) is 16.3. The molecule has 0 aliphatic carbocycles. The van der Waals surface area contributed by atoms with E-state index in [0.717, 1.165) is 33.6 Å². The van der Waals surface area contributed by atoms with Crippen molar-refractivity contribution in [3.05, 3.63) is 82.5 Å². The number of carbonyl (C=O) groups excluding carboxylic acids is 1. The fraction of sp³-hybridized carbons (Fsp3) is 0.0870. The van der Waals surface area contributed by atoms with Crippen LogP contribution in [-0.4, -0.2) is 15.9 Å². The van der Waals surface area contributed by atoms with Crippen molar-refractivity contribution in [2.24, 2.45) is 0 Å². The molecule has 0 N–H and O–H groups in total. The largest absolute Gasteiger partial charge is 0.274 e. The summed E-state index contributed by atoms with van der Waals surface area (Å²) in [5.41, 5.74) is 3.41. The van der Waals surface area contributed by atoms with Crippen LogP contribution in [-0.2, 0) is 4.79 Å². The van der Waals surface area contributed by atoms with Gasteiger partial charge in [0.2, 0.25) is 5.91 Å². The van der Waals surface area contributed by atoms with Gasteiger partial charge in [0.25, 0.3) is 0 Å². The molecule has 0 saturated carbocycles. The number of aromatic nitrogens is 2. The number of anilines is 2. The minimum atomic E-state index is -0.826. The maximum Gasteiger partial charge on any atom is 0.230 e. The highest BCUT2D eigenvalue weighted by molar-refractivity contribution is 7.14. The van der Waals surface area contributed by atoms with E-state index < -0.39 is 17.5 Å². The Bertz CT molecular complexity index is 1280. The average molecular weight is 421 g/mol. The van der Waals surface area contributed by atoms with E-state index >= 15 is 0 Å². The molecule has 0 radical (unpaired) electrons. The van der Waals surface area contributed by atoms with Crippen LogP contribution in [0.1, 0.15) is 23.9 Å². The number of pyridine rings is 1. The number of amides is 1. The number of thiazole rings is 1. The van der Waals surface area contributed by atoms with Gasteiger partial charge < -0.3 is 0 Å². The fourth-order valence-electron chi connectivity index (χ4n) is 3.05. The maximum atomic E-state index is 14.2. The molecule has 30 heavy (non-hydrogen) atoms. The summed E-state index contributed by atoms with van der Waals surface area (Å²) in [6.07, 6.45) is 3.61. The molecule has 4 aromatic rings. The van der Waals surface area contributed by atoms with Gasteiger partial charge in [0.1, 0.15) is 11.6 Å². The van der Waals surface area contributed by atoms with Gasteiger partial charge in [-0.15, -0.1) is 11.3 Å². The SMILES string of the molecule is CC(=O)N(c1nc(/C=C/c2ccc3cc(C)ccc3n2)cs1)c1ccc(F)cc1F. The van der Waals surface area contributed by atoms with E-state index in [9.17, 15) is 13.6 Å². The van der Waals surface area contributed by atoms with E-state index in [1.807, 2.05) is 37.3 Å². The lowest BCUT2D eigenvalue weighted by atomic mass is 10.1. The number of rotatable bonds is 4. The highest BCUT2D eigenvalue weighted by Crippen LogP contribution is 2.31. The van der Waals surface area contributed by atoms with Crippen molar-refractivity contribution in [3.63, 3.8) is 0 Å². The number of carbonyl (C=O) groups is 1. The summed E-state index contributed by atoms with van der Waals surface area (Å²) < 4.78 is 27.4. The van der Waals surface area contributed by atoms with Crippen molar-refractivity contribution in [1.82, 2.24) is 9.97 Å². The number of fused-ring (bicyclic) bond motifs is 1. The molecule has 4 nitrogen and oxygen atoms in total. The summed E-state index contributed by atoms with van der Waals surface area (Å²) in [7, 11) is 0. The van der Waals surface area contributed by atoms with Gasteiger partial charge in [0, 0.05) is 23.8 Å². The predicted octanol–water partition coefficient (Wildman–Crippen LogP) is 6.13. The molecule has 7 heteroatoms. The fourth-order valence-corrected chi connectivity index (χ4v) is 3.90. The van der Waals surface area contributed by atoms with Gasteiger partial charge >= 0.3 is 0 Å². The quantitative estimate of drug-likeness (QED) is 0.398. The summed E-state index contributed by atoms with van der Waals surface area (Å²) in [5.74, 6) is -1.95. The highest BCUT2D eigenvalue weighted by Gasteiger charge is 2.21. The Balaban J connectivity index is 1.61. The number of benzene rings is 2. The maximum absolute atomic E-state index is 14.2. The van der Waals surface area contributed by atoms with E-state index in [1.54, 1.807) is 11.5 Å². The van der Waals surface area contributed by atoms with Crippen molar-refractivity contribution in [2.45, 2.75) is 13.8 Å². The van der Waals surface area contributed by atoms with Crippen molar-refractivity contribution in [2.75, 3.05) is 4.90 Å². The Hall–Kier alpha value is -3.45. The molecule has 0 aliphatic heterocycles. The number of hydrogen-bond donors (Lipinski definition) is 0. The Kier molecular flexibility index (Phi) is 5.37. The number of hydrogen-bond acceptors (Lipinski definition) is 4. The number of nitrogens with zero attached hydrogens (tertiary/aromatic N) is 3. The van der Waals surface area contributed by atoms with E-state index in [4.69, 9.17) is 0 Å². The second kappa shape index (κ2) is 8.12. The standard InChI is InChI=1S/C23H17F2N3OS/c1-14-3-9-21-16(11-14)4-6-18(26-21)7-8-19-13-30-23(27-19)28(15(2)29)22-10-5-17(24)12-20(22)25/h3-13H,1-2H3/b8-7+. The Morgan fingerprint density at radius 3 is 2.57 bits per heavy atom. The minimum Gasteiger partial charge on any atom is -0.274 e. The number of halogens is 2. The lowest BCUT2D eigenvalue weighted by Crippen LogP contribution is -2.23. The molecule has 0 unspecified atom stereocenters. The van der Waals surface area contributed by atoms with E-state index in [2.05, 4.69) is 16.0 Å². The Morgan fingerprint density at radius 1 is 1.00 bits per heavy atom. The van der Waals surface area contributed by atoms with Crippen LogP contribution in [0.4, 0.5) is 19.6 Å². The third kappa shape index (κ3) is 4.11. The Labute approximate surface area is 176 Å². The summed E-state index contributed by atoms with van der Waals surface area (Å²) >= 11 is 1.19. The predicted molar refractivity (Wildman–Crippen MR) is 117 cm³/mol. The van der Waals surface area contributed by atoms with Crippen LogP contribution in [0.15, 0.2) is 53.9 Å². The molecule has 0 aliphatic rings. The molecule has 150 valence electrons. The van der Waals surface area contributed by atoms with Crippen LogP contribution >= 0.6 is 11.3 Å². The topological polar surface area (TPSA) is 46.1 Å². The molecule has 0 saturated heterocycles. The first-order valence-corrected chi connectivity index (χ1v) is 10.1. The monoisotopic (exact) mass is 421 g/mol. The van der Waals surface area contributed by atoms with Crippen molar-refractivity contribution < 1.29 is 13.6 Å². The molecule has 2 heterocycles. The molecule has 0 spiro atoms. The van der Waals surface area contributed by atoms with Gasteiger partial charge in [-0.1, -0.05) is 17.7 Å². The zero-order chi connectivity index (χ0) is 21.3. The van der Waals surface area contributed by atoms with Crippen LogP contribution < -0.4 is 4.90 Å². The van der Waals surface area contributed by atoms with Gasteiger partial charge in [0.05, 0.1) is 22.6 Å². The molecule has 2 aromatic carbocycles. The third-order valence-corrected chi connectivity index (χ3v) is 5.30. The van der Waals surface area contributed by atoms with Gasteiger partial charge in [-0.3, -0.25) is 9.69 Å². The third-order valence-electron chi connectivity index (χ3n) is 4.46. The van der Waals surface area contributed by atoms with Crippen LogP contribution in [0.5, 0.6) is 0 Å². The Morgan fingerprint density at radius 2 is 1.80 bits per heavy atom. The highest BCUT2D eigenvalue weighted by atomic mass is 32.1. The van der Waals surface area contributed by atoms with Gasteiger partial charge in [0.15, 0.2) is 5.13 Å². The van der Waals surface area contributed by atoms with Crippen LogP contribution in [0.2, 0.25) is 0 Å². The first-order valence-electron chi connectivity index (χ1n) is 9.17. The van der Waals surface area contributed by atoms with Gasteiger partial charge in [-0.25, -0.2) is 18.7 Å². The molecular weight excluding hydrogens is 404 g/mol. The van der Waals surface area contributed by atoms with E-state index in [1.165, 1.54) is 29.9 Å². The second-order valence-corrected chi connectivity index (χ2v) is 7.61. The minimum absolute atomic E-state index is 0.0414. The van der Waals surface area contributed by atoms with E-state index in [-0.39, 0.29) is 5.69 Å². The lowest BCUT2D eigenvalue weighted by molar-refractivity contribution is -0.115. The van der Waals surface area contributed by atoms with Crippen LogP contribution in [0.3, 0.4) is 0 Å². The first kappa shape index (κ1) is 19.8. The molecule has 2 aromatic heterocycles. The second-order valence-electron chi connectivity index (χ2n) is 6.77. The number of aryl methyl sites for hydroxylation is 1. The molecule has 4 rings (SSSR count).